The first-order chi connectivity index (χ1) is 8.48. The smallest absolute Gasteiger partial charge is 0.312 e. The number of pyridine rings is 1. The number of nitrogens with zero attached hydrogens (tertiary/aromatic N) is 2. The second kappa shape index (κ2) is 5.97. The molecule has 0 aromatic carbocycles. The first-order valence-electron chi connectivity index (χ1n) is 5.76. The summed E-state index contributed by atoms with van der Waals surface area (Å²) in [5, 5.41) is 14.3. The van der Waals surface area contributed by atoms with E-state index in [-0.39, 0.29) is 22.1 Å². The van der Waals surface area contributed by atoms with Crippen molar-refractivity contribution >= 4 is 23.1 Å². The zero-order valence-electron chi connectivity index (χ0n) is 10.4. The molecule has 6 nitrogen and oxygen atoms in total. The van der Waals surface area contributed by atoms with Crippen LogP contribution in [0.2, 0.25) is 5.02 Å². The number of hydrogen-bond acceptors (Lipinski definition) is 5. The zero-order valence-corrected chi connectivity index (χ0v) is 11.2. The van der Waals surface area contributed by atoms with Crippen LogP contribution in [-0.2, 0) is 0 Å². The third-order valence-corrected chi connectivity index (χ3v) is 3.37. The summed E-state index contributed by atoms with van der Waals surface area (Å²) in [5.41, 5.74) is 5.23. The van der Waals surface area contributed by atoms with Crippen LogP contribution in [0.5, 0.6) is 0 Å². The van der Waals surface area contributed by atoms with E-state index >= 15 is 0 Å². The third-order valence-electron chi connectivity index (χ3n) is 3.16. The van der Waals surface area contributed by atoms with E-state index in [0.717, 1.165) is 12.8 Å². The fraction of sp³-hybridized carbons (Fsp3) is 0.545. The van der Waals surface area contributed by atoms with E-state index in [9.17, 15) is 10.1 Å². The second-order valence-electron chi connectivity index (χ2n) is 4.09. The Balaban J connectivity index is 3.13. The molecule has 18 heavy (non-hydrogen) atoms. The van der Waals surface area contributed by atoms with Crippen molar-refractivity contribution in [3.63, 3.8) is 0 Å². The minimum absolute atomic E-state index is 0.137. The van der Waals surface area contributed by atoms with Crippen LogP contribution in [0.25, 0.3) is 0 Å². The van der Waals surface area contributed by atoms with E-state index in [2.05, 4.69) is 10.3 Å². The Morgan fingerprint density at radius 1 is 1.56 bits per heavy atom. The molecule has 100 valence electrons. The van der Waals surface area contributed by atoms with Crippen LogP contribution in [-0.4, -0.2) is 22.0 Å². The van der Waals surface area contributed by atoms with Gasteiger partial charge in [-0.25, -0.2) is 4.98 Å². The van der Waals surface area contributed by atoms with E-state index in [1.807, 2.05) is 13.8 Å². The van der Waals surface area contributed by atoms with E-state index in [4.69, 9.17) is 17.3 Å². The van der Waals surface area contributed by atoms with Crippen LogP contribution in [0.3, 0.4) is 0 Å². The molecule has 0 saturated heterocycles. The fourth-order valence-electron chi connectivity index (χ4n) is 1.68. The lowest BCUT2D eigenvalue weighted by Gasteiger charge is -2.31. The van der Waals surface area contributed by atoms with Gasteiger partial charge < -0.3 is 11.1 Å². The molecule has 0 spiro atoms. The van der Waals surface area contributed by atoms with E-state index in [0.29, 0.717) is 6.54 Å². The maximum Gasteiger partial charge on any atom is 0.312 e. The van der Waals surface area contributed by atoms with Gasteiger partial charge in [0.25, 0.3) is 0 Å². The summed E-state index contributed by atoms with van der Waals surface area (Å²) < 4.78 is 0. The van der Waals surface area contributed by atoms with E-state index in [1.165, 1.54) is 12.3 Å². The van der Waals surface area contributed by atoms with Crippen molar-refractivity contribution in [1.82, 2.24) is 4.98 Å². The van der Waals surface area contributed by atoms with E-state index < -0.39 is 4.92 Å². The van der Waals surface area contributed by atoms with Gasteiger partial charge in [-0.15, -0.1) is 0 Å². The van der Waals surface area contributed by atoms with Crippen molar-refractivity contribution in [2.45, 2.75) is 32.2 Å². The lowest BCUT2D eigenvalue weighted by molar-refractivity contribution is -0.384. The van der Waals surface area contributed by atoms with Crippen molar-refractivity contribution < 1.29 is 4.92 Å². The van der Waals surface area contributed by atoms with Gasteiger partial charge in [0, 0.05) is 18.8 Å². The predicted octanol–water partition coefficient (Wildman–Crippen LogP) is 2.57. The Morgan fingerprint density at radius 3 is 2.61 bits per heavy atom. The number of nitrogens with two attached hydrogens (primary N) is 1. The summed E-state index contributed by atoms with van der Waals surface area (Å²) in [6.45, 7) is 4.33. The van der Waals surface area contributed by atoms with Crippen LogP contribution < -0.4 is 11.1 Å². The highest BCUT2D eigenvalue weighted by Gasteiger charge is 2.28. The Labute approximate surface area is 111 Å². The minimum Gasteiger partial charge on any atom is -0.358 e. The van der Waals surface area contributed by atoms with Gasteiger partial charge in [-0.2, -0.15) is 0 Å². The molecule has 0 radical (unpaired) electrons. The molecule has 0 fully saturated rings. The molecule has 1 aromatic rings. The number of aromatic nitrogens is 1. The van der Waals surface area contributed by atoms with Crippen molar-refractivity contribution in [2.75, 3.05) is 11.9 Å². The van der Waals surface area contributed by atoms with Gasteiger partial charge in [0.05, 0.1) is 15.5 Å². The first kappa shape index (κ1) is 14.7. The Kier molecular flexibility index (Phi) is 4.86. The number of halogens is 1. The standard InChI is InChI=1S/C11H17ClN4O2/c1-3-11(4-2,7-13)15-10-9(16(17)18)5-8(12)6-14-10/h5-6H,3-4,7,13H2,1-2H3,(H,14,15). The van der Waals surface area contributed by atoms with Crippen LogP contribution in [0.1, 0.15) is 26.7 Å². The molecule has 7 heteroatoms. The maximum atomic E-state index is 11.0. The zero-order chi connectivity index (χ0) is 13.8. The number of hydrogen-bond donors (Lipinski definition) is 2. The van der Waals surface area contributed by atoms with Crippen molar-refractivity contribution in [3.8, 4) is 0 Å². The molecular weight excluding hydrogens is 256 g/mol. The van der Waals surface area contributed by atoms with Crippen molar-refractivity contribution in [1.29, 1.82) is 0 Å². The van der Waals surface area contributed by atoms with Gasteiger partial charge in [0.2, 0.25) is 5.82 Å². The molecule has 0 aliphatic heterocycles. The molecule has 1 heterocycles. The number of nitrogens with one attached hydrogen (secondary N) is 1. The Hall–Kier alpha value is -1.40. The predicted molar refractivity (Wildman–Crippen MR) is 71.9 cm³/mol. The molecule has 1 rings (SSSR count). The van der Waals surface area contributed by atoms with Gasteiger partial charge in [-0.3, -0.25) is 10.1 Å². The van der Waals surface area contributed by atoms with Gasteiger partial charge in [0.15, 0.2) is 0 Å². The first-order valence-corrected chi connectivity index (χ1v) is 6.14. The third kappa shape index (κ3) is 3.08. The van der Waals surface area contributed by atoms with Crippen molar-refractivity contribution in [3.05, 3.63) is 27.4 Å². The Bertz CT molecular complexity index is 427. The summed E-state index contributed by atoms with van der Waals surface area (Å²) in [6.07, 6.45) is 2.88. The largest absolute Gasteiger partial charge is 0.358 e. The lowest BCUT2D eigenvalue weighted by atomic mass is 9.93. The highest BCUT2D eigenvalue weighted by Crippen LogP contribution is 2.29. The second-order valence-corrected chi connectivity index (χ2v) is 4.53. The number of nitro groups is 1. The van der Waals surface area contributed by atoms with Gasteiger partial charge in [-0.05, 0) is 12.8 Å². The van der Waals surface area contributed by atoms with Crippen LogP contribution in [0.4, 0.5) is 11.5 Å². The molecule has 0 bridgehead atoms. The quantitative estimate of drug-likeness (QED) is 0.613. The van der Waals surface area contributed by atoms with Gasteiger partial charge >= 0.3 is 5.69 Å². The minimum atomic E-state index is -0.506. The SMILES string of the molecule is CCC(CC)(CN)Nc1ncc(Cl)cc1[N+](=O)[O-]. The van der Waals surface area contributed by atoms with Gasteiger partial charge in [-0.1, -0.05) is 25.4 Å². The fourth-order valence-corrected chi connectivity index (χ4v) is 1.83. The number of rotatable bonds is 6. The van der Waals surface area contributed by atoms with E-state index in [1.54, 1.807) is 0 Å². The van der Waals surface area contributed by atoms with Crippen LogP contribution in [0.15, 0.2) is 12.3 Å². The van der Waals surface area contributed by atoms with Crippen LogP contribution in [0, 0.1) is 10.1 Å². The average molecular weight is 273 g/mol. The normalized spacial score (nSPS) is 11.3. The molecule has 1 aromatic heterocycles. The molecule has 0 atom stereocenters. The molecule has 0 aliphatic rings. The summed E-state index contributed by atoms with van der Waals surface area (Å²) in [6, 6.07) is 1.28. The monoisotopic (exact) mass is 272 g/mol. The molecule has 0 saturated carbocycles. The molecule has 0 unspecified atom stereocenters. The molecular formula is C11H17ClN4O2. The van der Waals surface area contributed by atoms with Gasteiger partial charge in [0.1, 0.15) is 0 Å². The highest BCUT2D eigenvalue weighted by atomic mass is 35.5. The average Bonchev–Trinajstić information content (AvgIpc) is 2.37. The molecule has 0 amide bonds. The van der Waals surface area contributed by atoms with Crippen LogP contribution >= 0.6 is 11.6 Å². The Morgan fingerprint density at radius 2 is 2.17 bits per heavy atom. The summed E-state index contributed by atoms with van der Waals surface area (Å²) >= 11 is 5.71. The molecule has 3 N–H and O–H groups in total. The summed E-state index contributed by atoms with van der Waals surface area (Å²) in [5.74, 6) is 0.207. The summed E-state index contributed by atoms with van der Waals surface area (Å²) in [7, 11) is 0. The topological polar surface area (TPSA) is 94.1 Å². The summed E-state index contributed by atoms with van der Waals surface area (Å²) in [4.78, 5) is 14.4. The number of anilines is 1. The maximum absolute atomic E-state index is 11.0. The van der Waals surface area contributed by atoms with Crippen molar-refractivity contribution in [2.24, 2.45) is 5.73 Å². The molecule has 0 aliphatic carbocycles. The lowest BCUT2D eigenvalue weighted by Crippen LogP contribution is -2.44. The highest BCUT2D eigenvalue weighted by molar-refractivity contribution is 6.30.